The molecule has 2 heteroatoms. The molecule has 0 saturated heterocycles. The Labute approximate surface area is 125 Å². The van der Waals surface area contributed by atoms with Crippen LogP contribution in [0.5, 0.6) is 0 Å². The Morgan fingerprint density at radius 1 is 0.857 bits per heavy atom. The molecule has 0 nitrogen and oxygen atoms in total. The second-order valence-electron chi connectivity index (χ2n) is 5.40. The van der Waals surface area contributed by atoms with Crippen LogP contribution in [0.25, 0.3) is 0 Å². The van der Waals surface area contributed by atoms with Crippen LogP contribution in [-0.4, -0.2) is 0 Å². The first-order chi connectivity index (χ1) is 10.2. The summed E-state index contributed by atoms with van der Waals surface area (Å²) in [5.41, 5.74) is 3.92. The summed E-state index contributed by atoms with van der Waals surface area (Å²) in [7, 11) is 0. The van der Waals surface area contributed by atoms with Gasteiger partial charge >= 0.3 is 0 Å². The molecule has 21 heavy (non-hydrogen) atoms. The molecular formula is C19H22F2. The fraction of sp³-hybridized carbons (Fsp3) is 0.368. The molecule has 2 rings (SSSR count). The van der Waals surface area contributed by atoms with Gasteiger partial charge in [-0.15, -0.1) is 0 Å². The van der Waals surface area contributed by atoms with Gasteiger partial charge in [0.1, 0.15) is 0 Å². The monoisotopic (exact) mass is 288 g/mol. The van der Waals surface area contributed by atoms with Crippen molar-refractivity contribution in [2.45, 2.75) is 46.0 Å². The molecule has 0 aliphatic carbocycles. The molecule has 112 valence electrons. The van der Waals surface area contributed by atoms with Crippen molar-refractivity contribution in [1.29, 1.82) is 0 Å². The summed E-state index contributed by atoms with van der Waals surface area (Å²) in [5.74, 6) is -1.45. The number of benzene rings is 2. The maximum atomic E-state index is 13.9. The Bertz CT molecular complexity index is 603. The number of halogens is 2. The normalized spacial score (nSPS) is 10.9. The molecular weight excluding hydrogens is 266 g/mol. The molecule has 0 radical (unpaired) electrons. The van der Waals surface area contributed by atoms with Crippen molar-refractivity contribution in [3.63, 3.8) is 0 Å². The maximum absolute atomic E-state index is 13.9. The molecule has 0 amide bonds. The molecule has 0 spiro atoms. The summed E-state index contributed by atoms with van der Waals surface area (Å²) in [4.78, 5) is 0. The van der Waals surface area contributed by atoms with E-state index < -0.39 is 11.6 Å². The molecule has 0 aliphatic heterocycles. The second-order valence-corrected chi connectivity index (χ2v) is 5.40. The Hall–Kier alpha value is -1.70. The topological polar surface area (TPSA) is 0 Å². The number of rotatable bonds is 6. The zero-order valence-electron chi connectivity index (χ0n) is 12.8. The van der Waals surface area contributed by atoms with Crippen LogP contribution in [0.15, 0.2) is 36.4 Å². The molecule has 0 bridgehead atoms. The van der Waals surface area contributed by atoms with E-state index in [0.717, 1.165) is 24.8 Å². The minimum absolute atomic E-state index is 0.500. The predicted octanol–water partition coefficient (Wildman–Crippen LogP) is 5.46. The number of hydrogen-bond acceptors (Lipinski definition) is 0. The van der Waals surface area contributed by atoms with E-state index in [2.05, 4.69) is 19.1 Å². The maximum Gasteiger partial charge on any atom is 0.162 e. The van der Waals surface area contributed by atoms with Gasteiger partial charge in [-0.3, -0.25) is 0 Å². The van der Waals surface area contributed by atoms with E-state index >= 15 is 0 Å². The summed E-state index contributed by atoms with van der Waals surface area (Å²) < 4.78 is 27.2. The van der Waals surface area contributed by atoms with Gasteiger partial charge in [0.05, 0.1) is 0 Å². The van der Waals surface area contributed by atoms with Gasteiger partial charge in [0.15, 0.2) is 11.6 Å². The quantitative estimate of drug-likeness (QED) is 0.662. The van der Waals surface area contributed by atoms with Gasteiger partial charge in [-0.25, -0.2) is 8.78 Å². The summed E-state index contributed by atoms with van der Waals surface area (Å²) in [6.07, 6.45) is 4.52. The van der Waals surface area contributed by atoms with E-state index in [1.807, 2.05) is 19.1 Å². The van der Waals surface area contributed by atoms with Crippen LogP contribution < -0.4 is 0 Å². The first-order valence-electron chi connectivity index (χ1n) is 7.69. The summed E-state index contributed by atoms with van der Waals surface area (Å²) in [5, 5.41) is 0. The van der Waals surface area contributed by atoms with E-state index in [1.54, 1.807) is 6.07 Å². The van der Waals surface area contributed by atoms with Gasteiger partial charge in [-0.2, -0.15) is 0 Å². The molecule has 0 atom stereocenters. The van der Waals surface area contributed by atoms with Gasteiger partial charge in [0.25, 0.3) is 0 Å². The van der Waals surface area contributed by atoms with E-state index in [9.17, 15) is 8.78 Å². The van der Waals surface area contributed by atoms with E-state index in [1.165, 1.54) is 17.2 Å². The Morgan fingerprint density at radius 3 is 2.24 bits per heavy atom. The molecule has 0 aliphatic rings. The Kier molecular flexibility index (Phi) is 5.49. The second kappa shape index (κ2) is 7.35. The van der Waals surface area contributed by atoms with Gasteiger partial charge in [0, 0.05) is 0 Å². The highest BCUT2D eigenvalue weighted by molar-refractivity contribution is 5.37. The molecule has 0 saturated carbocycles. The van der Waals surface area contributed by atoms with Crippen LogP contribution in [0.1, 0.15) is 48.9 Å². The minimum Gasteiger partial charge on any atom is -0.204 e. The van der Waals surface area contributed by atoms with Crippen molar-refractivity contribution in [2.24, 2.45) is 0 Å². The van der Waals surface area contributed by atoms with Crippen molar-refractivity contribution in [2.75, 3.05) is 0 Å². The average molecular weight is 288 g/mol. The largest absolute Gasteiger partial charge is 0.204 e. The zero-order chi connectivity index (χ0) is 15.2. The third-order valence-electron chi connectivity index (χ3n) is 3.95. The van der Waals surface area contributed by atoms with Gasteiger partial charge in [-0.05, 0) is 54.0 Å². The van der Waals surface area contributed by atoms with Crippen molar-refractivity contribution < 1.29 is 8.78 Å². The zero-order valence-corrected chi connectivity index (χ0v) is 12.8. The average Bonchev–Trinajstić information content (AvgIpc) is 2.50. The minimum atomic E-state index is -0.755. The molecule has 0 fully saturated rings. The van der Waals surface area contributed by atoms with Gasteiger partial charge in [-0.1, -0.05) is 50.6 Å². The van der Waals surface area contributed by atoms with Crippen LogP contribution in [0.2, 0.25) is 0 Å². The van der Waals surface area contributed by atoms with Crippen molar-refractivity contribution in [3.8, 4) is 0 Å². The fourth-order valence-electron chi connectivity index (χ4n) is 2.73. The standard InChI is InChI=1S/C19H22F2/c1-3-5-8-14-9-6-7-10-15(14)13-16-11-12-18(20)19(21)17(16)4-2/h6-7,9-12H,3-5,8,13H2,1-2H3. The third-order valence-corrected chi connectivity index (χ3v) is 3.95. The van der Waals surface area contributed by atoms with E-state index in [0.29, 0.717) is 18.4 Å². The molecule has 2 aromatic carbocycles. The molecule has 0 N–H and O–H groups in total. The van der Waals surface area contributed by atoms with Gasteiger partial charge in [0.2, 0.25) is 0 Å². The van der Waals surface area contributed by atoms with Crippen LogP contribution >= 0.6 is 0 Å². The number of unbranched alkanes of at least 4 members (excludes halogenated alkanes) is 1. The summed E-state index contributed by atoms with van der Waals surface area (Å²) in [6, 6.07) is 11.2. The summed E-state index contributed by atoms with van der Waals surface area (Å²) >= 11 is 0. The summed E-state index contributed by atoms with van der Waals surface area (Å²) in [6.45, 7) is 4.04. The van der Waals surface area contributed by atoms with Crippen LogP contribution in [0.3, 0.4) is 0 Å². The Balaban J connectivity index is 2.32. The molecule has 2 aromatic rings. The third kappa shape index (κ3) is 3.69. The fourth-order valence-corrected chi connectivity index (χ4v) is 2.73. The first-order valence-corrected chi connectivity index (χ1v) is 7.69. The lowest BCUT2D eigenvalue weighted by atomic mass is 9.93. The molecule has 0 unspecified atom stereocenters. The van der Waals surface area contributed by atoms with Crippen LogP contribution in [0.4, 0.5) is 8.78 Å². The lowest BCUT2D eigenvalue weighted by molar-refractivity contribution is 0.498. The van der Waals surface area contributed by atoms with Crippen LogP contribution in [-0.2, 0) is 19.3 Å². The number of aryl methyl sites for hydroxylation is 1. The highest BCUT2D eigenvalue weighted by Crippen LogP contribution is 2.23. The highest BCUT2D eigenvalue weighted by atomic mass is 19.2. The van der Waals surface area contributed by atoms with Crippen molar-refractivity contribution >= 4 is 0 Å². The number of hydrogen-bond donors (Lipinski definition) is 0. The lowest BCUT2D eigenvalue weighted by Crippen LogP contribution is -2.03. The first kappa shape index (κ1) is 15.7. The predicted molar refractivity (Wildman–Crippen MR) is 83.6 cm³/mol. The van der Waals surface area contributed by atoms with E-state index in [4.69, 9.17) is 0 Å². The molecule has 0 aromatic heterocycles. The van der Waals surface area contributed by atoms with Crippen molar-refractivity contribution in [1.82, 2.24) is 0 Å². The molecule has 0 heterocycles. The van der Waals surface area contributed by atoms with Crippen molar-refractivity contribution in [3.05, 3.63) is 70.3 Å². The SMILES string of the molecule is CCCCc1ccccc1Cc1ccc(F)c(F)c1CC. The van der Waals surface area contributed by atoms with Gasteiger partial charge < -0.3 is 0 Å². The highest BCUT2D eigenvalue weighted by Gasteiger charge is 2.13. The Morgan fingerprint density at radius 2 is 1.57 bits per heavy atom. The lowest BCUT2D eigenvalue weighted by Gasteiger charge is -2.13. The van der Waals surface area contributed by atoms with E-state index in [-0.39, 0.29) is 0 Å². The smallest absolute Gasteiger partial charge is 0.162 e. The van der Waals surface area contributed by atoms with Crippen LogP contribution in [0, 0.1) is 11.6 Å².